The predicted octanol–water partition coefficient (Wildman–Crippen LogP) is 3.03. The van der Waals surface area contributed by atoms with Crippen LogP contribution in [0.1, 0.15) is 6.42 Å². The van der Waals surface area contributed by atoms with Gasteiger partial charge in [0.2, 0.25) is 5.91 Å². The standard InChI is InChI=1S/C15H14N2O3S/c18-15-7-10(9-21)8-16(15)13-5-6-14(17(19)20)12-4-2-1-3-11(12)13/h1-6,10,21H,7-9H2. The summed E-state index contributed by atoms with van der Waals surface area (Å²) in [6.07, 6.45) is 0.481. The number of non-ortho nitro benzene ring substituents is 1. The third-order valence-electron chi connectivity index (χ3n) is 3.83. The minimum atomic E-state index is -0.394. The maximum absolute atomic E-state index is 12.2. The average Bonchev–Trinajstić information content (AvgIpc) is 2.87. The molecular weight excluding hydrogens is 288 g/mol. The van der Waals surface area contributed by atoms with E-state index >= 15 is 0 Å². The van der Waals surface area contributed by atoms with Crippen molar-refractivity contribution in [2.75, 3.05) is 17.2 Å². The molecule has 0 aromatic heterocycles. The van der Waals surface area contributed by atoms with Gasteiger partial charge in [-0.15, -0.1) is 0 Å². The van der Waals surface area contributed by atoms with Gasteiger partial charge in [0.05, 0.1) is 16.0 Å². The van der Waals surface area contributed by atoms with Gasteiger partial charge < -0.3 is 4.90 Å². The summed E-state index contributed by atoms with van der Waals surface area (Å²) < 4.78 is 0. The molecule has 1 fully saturated rings. The summed E-state index contributed by atoms with van der Waals surface area (Å²) in [5.41, 5.74) is 0.803. The number of carbonyl (C=O) groups is 1. The highest BCUT2D eigenvalue weighted by Crippen LogP contribution is 2.36. The van der Waals surface area contributed by atoms with Crippen LogP contribution in [0.15, 0.2) is 36.4 Å². The van der Waals surface area contributed by atoms with Crippen molar-refractivity contribution in [2.24, 2.45) is 5.92 Å². The maximum Gasteiger partial charge on any atom is 0.277 e. The molecule has 1 unspecified atom stereocenters. The van der Waals surface area contributed by atoms with E-state index in [-0.39, 0.29) is 17.5 Å². The number of hydrogen-bond acceptors (Lipinski definition) is 4. The molecule has 0 saturated carbocycles. The lowest BCUT2D eigenvalue weighted by Gasteiger charge is -2.18. The molecule has 3 rings (SSSR count). The van der Waals surface area contributed by atoms with Crippen molar-refractivity contribution in [3.05, 3.63) is 46.5 Å². The zero-order valence-corrected chi connectivity index (χ0v) is 12.1. The molecule has 1 amide bonds. The van der Waals surface area contributed by atoms with Gasteiger partial charge in [-0.25, -0.2) is 0 Å². The van der Waals surface area contributed by atoms with Crippen molar-refractivity contribution in [3.63, 3.8) is 0 Å². The van der Waals surface area contributed by atoms with Crippen molar-refractivity contribution < 1.29 is 9.72 Å². The van der Waals surface area contributed by atoms with E-state index in [1.165, 1.54) is 6.07 Å². The minimum Gasteiger partial charge on any atom is -0.311 e. The van der Waals surface area contributed by atoms with Gasteiger partial charge in [0.25, 0.3) is 5.69 Å². The number of carbonyl (C=O) groups excluding carboxylic acids is 1. The van der Waals surface area contributed by atoms with Gasteiger partial charge in [-0.05, 0) is 23.8 Å². The monoisotopic (exact) mass is 302 g/mol. The van der Waals surface area contributed by atoms with E-state index in [1.807, 2.05) is 12.1 Å². The third-order valence-corrected chi connectivity index (χ3v) is 4.35. The van der Waals surface area contributed by atoms with Gasteiger partial charge >= 0.3 is 0 Å². The van der Waals surface area contributed by atoms with Crippen LogP contribution in [0.2, 0.25) is 0 Å². The molecule has 1 heterocycles. The summed E-state index contributed by atoms with van der Waals surface area (Å²) in [6, 6.07) is 10.3. The zero-order valence-electron chi connectivity index (χ0n) is 11.2. The van der Waals surface area contributed by atoms with Gasteiger partial charge in [0.1, 0.15) is 0 Å². The van der Waals surface area contributed by atoms with Crippen LogP contribution in [0.5, 0.6) is 0 Å². The van der Waals surface area contributed by atoms with Gasteiger partial charge in [-0.3, -0.25) is 14.9 Å². The Morgan fingerprint density at radius 1 is 1.24 bits per heavy atom. The summed E-state index contributed by atoms with van der Waals surface area (Å²) in [5.74, 6) is 0.940. The van der Waals surface area contributed by atoms with Crippen molar-refractivity contribution in [3.8, 4) is 0 Å². The number of nitro benzene ring substituents is 1. The van der Waals surface area contributed by atoms with E-state index in [9.17, 15) is 14.9 Å². The highest BCUT2D eigenvalue weighted by molar-refractivity contribution is 7.80. The molecule has 21 heavy (non-hydrogen) atoms. The zero-order chi connectivity index (χ0) is 15.0. The number of amides is 1. The molecule has 108 valence electrons. The normalized spacial score (nSPS) is 18.4. The summed E-state index contributed by atoms with van der Waals surface area (Å²) in [5, 5.41) is 12.4. The average molecular weight is 302 g/mol. The molecule has 2 aromatic carbocycles. The second-order valence-corrected chi connectivity index (χ2v) is 5.53. The van der Waals surface area contributed by atoms with E-state index in [1.54, 1.807) is 23.1 Å². The molecule has 0 N–H and O–H groups in total. The Kier molecular flexibility index (Phi) is 3.55. The molecule has 6 heteroatoms. The fourth-order valence-corrected chi connectivity index (χ4v) is 3.04. The Balaban J connectivity index is 2.14. The third kappa shape index (κ3) is 2.35. The topological polar surface area (TPSA) is 63.5 Å². The second kappa shape index (κ2) is 5.37. The van der Waals surface area contributed by atoms with Crippen LogP contribution >= 0.6 is 12.6 Å². The lowest BCUT2D eigenvalue weighted by Crippen LogP contribution is -2.24. The fraction of sp³-hybridized carbons (Fsp3) is 0.267. The van der Waals surface area contributed by atoms with Crippen LogP contribution in [-0.4, -0.2) is 23.1 Å². The summed E-state index contributed by atoms with van der Waals surface area (Å²) >= 11 is 4.26. The molecule has 1 atom stereocenters. The molecule has 2 aromatic rings. The summed E-state index contributed by atoms with van der Waals surface area (Å²) in [6.45, 7) is 0.615. The molecule has 0 aliphatic carbocycles. The lowest BCUT2D eigenvalue weighted by molar-refractivity contribution is -0.383. The molecule has 0 radical (unpaired) electrons. The summed E-state index contributed by atoms with van der Waals surface area (Å²) in [4.78, 5) is 24.6. The van der Waals surface area contributed by atoms with Crippen molar-refractivity contribution >= 4 is 40.7 Å². The van der Waals surface area contributed by atoms with Crippen molar-refractivity contribution in [1.82, 2.24) is 0 Å². The molecule has 0 spiro atoms. The van der Waals surface area contributed by atoms with E-state index in [0.29, 0.717) is 24.1 Å². The maximum atomic E-state index is 12.2. The van der Waals surface area contributed by atoms with Crippen LogP contribution in [0.4, 0.5) is 11.4 Å². The summed E-state index contributed by atoms with van der Waals surface area (Å²) in [7, 11) is 0. The largest absolute Gasteiger partial charge is 0.311 e. The first-order valence-corrected chi connectivity index (χ1v) is 7.32. The Morgan fingerprint density at radius 2 is 1.95 bits per heavy atom. The fourth-order valence-electron chi connectivity index (χ4n) is 2.80. The molecule has 0 bridgehead atoms. The van der Waals surface area contributed by atoms with Gasteiger partial charge in [-0.2, -0.15) is 12.6 Å². The molecular formula is C15H14N2O3S. The first kappa shape index (κ1) is 13.9. The van der Waals surface area contributed by atoms with E-state index < -0.39 is 4.92 Å². The van der Waals surface area contributed by atoms with E-state index in [0.717, 1.165) is 11.1 Å². The number of nitrogens with zero attached hydrogens (tertiary/aromatic N) is 2. The lowest BCUT2D eigenvalue weighted by atomic mass is 10.1. The van der Waals surface area contributed by atoms with E-state index in [2.05, 4.69) is 12.6 Å². The van der Waals surface area contributed by atoms with Gasteiger partial charge in [-0.1, -0.05) is 18.2 Å². The highest BCUT2D eigenvalue weighted by Gasteiger charge is 2.31. The Hall–Kier alpha value is -2.08. The van der Waals surface area contributed by atoms with Crippen LogP contribution in [0.3, 0.4) is 0 Å². The Bertz CT molecular complexity index is 732. The SMILES string of the molecule is O=C1CC(CS)CN1c1ccc([N+](=O)[O-])c2ccccc12. The number of hydrogen-bond donors (Lipinski definition) is 1. The van der Waals surface area contributed by atoms with Crippen LogP contribution in [-0.2, 0) is 4.79 Å². The van der Waals surface area contributed by atoms with Crippen LogP contribution in [0, 0.1) is 16.0 Å². The van der Waals surface area contributed by atoms with Crippen LogP contribution < -0.4 is 4.90 Å². The quantitative estimate of drug-likeness (QED) is 0.538. The number of rotatable bonds is 3. The van der Waals surface area contributed by atoms with Gasteiger partial charge in [0, 0.05) is 24.4 Å². The van der Waals surface area contributed by atoms with Gasteiger partial charge in [0.15, 0.2) is 0 Å². The highest BCUT2D eigenvalue weighted by atomic mass is 32.1. The number of nitro groups is 1. The van der Waals surface area contributed by atoms with Crippen molar-refractivity contribution in [1.29, 1.82) is 0 Å². The number of thiol groups is 1. The number of anilines is 1. The van der Waals surface area contributed by atoms with E-state index in [4.69, 9.17) is 0 Å². The molecule has 5 nitrogen and oxygen atoms in total. The van der Waals surface area contributed by atoms with Crippen LogP contribution in [0.25, 0.3) is 10.8 Å². The minimum absolute atomic E-state index is 0.0491. The second-order valence-electron chi connectivity index (χ2n) is 5.16. The molecule has 1 saturated heterocycles. The number of benzene rings is 2. The Morgan fingerprint density at radius 3 is 2.57 bits per heavy atom. The first-order valence-electron chi connectivity index (χ1n) is 6.69. The molecule has 1 aliphatic heterocycles. The predicted molar refractivity (Wildman–Crippen MR) is 84.9 cm³/mol. The van der Waals surface area contributed by atoms with Crippen molar-refractivity contribution in [2.45, 2.75) is 6.42 Å². The molecule has 1 aliphatic rings. The number of fused-ring (bicyclic) bond motifs is 1. The smallest absolute Gasteiger partial charge is 0.277 e. The Labute approximate surface area is 127 Å². The first-order chi connectivity index (χ1) is 10.1.